The van der Waals surface area contributed by atoms with E-state index in [0.717, 1.165) is 44.0 Å². The molecule has 4 nitrogen and oxygen atoms in total. The molecular formula is C18H27ClN2O2S. The SMILES string of the molecule is CNCCC1CCN(C(=O)CSCC(=O)c2ccccc2)CC1.Cl. The quantitative estimate of drug-likeness (QED) is 0.715. The fourth-order valence-corrected chi connectivity index (χ4v) is 3.66. The lowest BCUT2D eigenvalue weighted by atomic mass is 9.93. The number of Topliss-reactive ketones (excluding diaryl/α,β-unsaturated/α-hetero) is 1. The highest BCUT2D eigenvalue weighted by Crippen LogP contribution is 2.20. The van der Waals surface area contributed by atoms with E-state index in [-0.39, 0.29) is 24.1 Å². The van der Waals surface area contributed by atoms with Gasteiger partial charge in [0.15, 0.2) is 5.78 Å². The normalized spacial score (nSPS) is 15.0. The molecule has 1 N–H and O–H groups in total. The molecule has 0 radical (unpaired) electrons. The Morgan fingerprint density at radius 3 is 2.46 bits per heavy atom. The number of likely N-dealkylation sites (tertiary alicyclic amines) is 1. The molecular weight excluding hydrogens is 344 g/mol. The highest BCUT2D eigenvalue weighted by Gasteiger charge is 2.22. The summed E-state index contributed by atoms with van der Waals surface area (Å²) >= 11 is 1.42. The van der Waals surface area contributed by atoms with Gasteiger partial charge in [0.2, 0.25) is 5.91 Å². The van der Waals surface area contributed by atoms with Gasteiger partial charge in [-0.2, -0.15) is 0 Å². The largest absolute Gasteiger partial charge is 0.342 e. The fraction of sp³-hybridized carbons (Fsp3) is 0.556. The summed E-state index contributed by atoms with van der Waals surface area (Å²) in [5, 5.41) is 3.19. The second-order valence-electron chi connectivity index (χ2n) is 6.00. The number of ketones is 1. The molecule has 0 spiro atoms. The van der Waals surface area contributed by atoms with Gasteiger partial charge >= 0.3 is 0 Å². The Hall–Kier alpha value is -1.04. The molecule has 1 aliphatic rings. The average molecular weight is 371 g/mol. The van der Waals surface area contributed by atoms with Gasteiger partial charge in [-0.3, -0.25) is 9.59 Å². The molecule has 1 aliphatic heterocycles. The highest BCUT2D eigenvalue weighted by atomic mass is 35.5. The van der Waals surface area contributed by atoms with Crippen molar-refractivity contribution in [2.45, 2.75) is 19.3 Å². The molecule has 1 fully saturated rings. The number of benzene rings is 1. The zero-order valence-electron chi connectivity index (χ0n) is 14.2. The van der Waals surface area contributed by atoms with Crippen molar-refractivity contribution in [3.63, 3.8) is 0 Å². The third kappa shape index (κ3) is 6.83. The topological polar surface area (TPSA) is 49.4 Å². The van der Waals surface area contributed by atoms with E-state index in [2.05, 4.69) is 5.32 Å². The molecule has 1 aromatic carbocycles. The summed E-state index contributed by atoms with van der Waals surface area (Å²) in [6.07, 6.45) is 3.39. The van der Waals surface area contributed by atoms with Gasteiger partial charge in [0, 0.05) is 18.7 Å². The van der Waals surface area contributed by atoms with Crippen molar-refractivity contribution in [3.8, 4) is 0 Å². The lowest BCUT2D eigenvalue weighted by Crippen LogP contribution is -2.40. The first-order chi connectivity index (χ1) is 11.2. The molecule has 1 aromatic rings. The molecule has 0 bridgehead atoms. The number of thioether (sulfide) groups is 1. The maximum atomic E-state index is 12.2. The van der Waals surface area contributed by atoms with Crippen LogP contribution in [-0.2, 0) is 4.79 Å². The van der Waals surface area contributed by atoms with Crippen molar-refractivity contribution < 1.29 is 9.59 Å². The van der Waals surface area contributed by atoms with Gasteiger partial charge in [0.25, 0.3) is 0 Å². The van der Waals surface area contributed by atoms with Crippen molar-refractivity contribution in [2.24, 2.45) is 5.92 Å². The number of hydrogen-bond donors (Lipinski definition) is 1. The summed E-state index contributed by atoms with van der Waals surface area (Å²) in [6.45, 7) is 2.77. The molecule has 1 saturated heterocycles. The Morgan fingerprint density at radius 2 is 1.83 bits per heavy atom. The summed E-state index contributed by atoms with van der Waals surface area (Å²) in [7, 11) is 1.98. The van der Waals surface area contributed by atoms with Gasteiger partial charge in [-0.15, -0.1) is 24.2 Å². The second-order valence-corrected chi connectivity index (χ2v) is 6.98. The maximum absolute atomic E-state index is 12.2. The van der Waals surface area contributed by atoms with Crippen LogP contribution in [0.15, 0.2) is 30.3 Å². The first kappa shape index (κ1) is 21.0. The predicted molar refractivity (Wildman–Crippen MR) is 103 cm³/mol. The monoisotopic (exact) mass is 370 g/mol. The van der Waals surface area contributed by atoms with Crippen molar-refractivity contribution in [2.75, 3.05) is 38.2 Å². The lowest BCUT2D eigenvalue weighted by molar-refractivity contribution is -0.129. The Kier molecular flexibility index (Phi) is 10.1. The first-order valence-electron chi connectivity index (χ1n) is 8.29. The smallest absolute Gasteiger partial charge is 0.232 e. The standard InChI is InChI=1S/C18H26N2O2S.ClH/c1-19-10-7-15-8-11-20(12-9-15)18(22)14-23-13-17(21)16-5-3-2-4-6-16;/h2-6,15,19H,7-14H2,1H3;1H. The van der Waals surface area contributed by atoms with E-state index >= 15 is 0 Å². The summed E-state index contributed by atoms with van der Waals surface area (Å²) < 4.78 is 0. The fourth-order valence-electron chi connectivity index (χ4n) is 2.85. The maximum Gasteiger partial charge on any atom is 0.232 e. The van der Waals surface area contributed by atoms with E-state index in [9.17, 15) is 9.59 Å². The molecule has 2 rings (SSSR count). The van der Waals surface area contributed by atoms with Crippen LogP contribution >= 0.6 is 24.2 Å². The van der Waals surface area contributed by atoms with Crippen LogP contribution in [0.1, 0.15) is 29.6 Å². The van der Waals surface area contributed by atoms with Crippen molar-refractivity contribution >= 4 is 35.9 Å². The van der Waals surface area contributed by atoms with E-state index in [1.807, 2.05) is 42.3 Å². The third-order valence-corrected chi connectivity index (χ3v) is 5.24. The van der Waals surface area contributed by atoms with Gasteiger partial charge in [0.1, 0.15) is 0 Å². The molecule has 24 heavy (non-hydrogen) atoms. The second kappa shape index (κ2) is 11.5. The molecule has 0 saturated carbocycles. The van der Waals surface area contributed by atoms with Crippen LogP contribution < -0.4 is 5.32 Å². The predicted octanol–water partition coefficient (Wildman–Crippen LogP) is 2.87. The molecule has 6 heteroatoms. The number of carbonyl (C=O) groups excluding carboxylic acids is 2. The number of hydrogen-bond acceptors (Lipinski definition) is 4. The van der Waals surface area contributed by atoms with Crippen LogP contribution in [-0.4, -0.2) is 54.8 Å². The Labute approximate surface area is 155 Å². The van der Waals surface area contributed by atoms with Crippen LogP contribution in [0.25, 0.3) is 0 Å². The molecule has 0 unspecified atom stereocenters. The van der Waals surface area contributed by atoms with Crippen LogP contribution in [0.2, 0.25) is 0 Å². The van der Waals surface area contributed by atoms with Crippen LogP contribution in [0.5, 0.6) is 0 Å². The molecule has 0 aromatic heterocycles. The Morgan fingerprint density at radius 1 is 1.17 bits per heavy atom. The lowest BCUT2D eigenvalue weighted by Gasteiger charge is -2.32. The van der Waals surface area contributed by atoms with E-state index in [4.69, 9.17) is 0 Å². The van der Waals surface area contributed by atoms with E-state index in [1.165, 1.54) is 18.2 Å². The van der Waals surface area contributed by atoms with Crippen molar-refractivity contribution in [3.05, 3.63) is 35.9 Å². The molecule has 0 aliphatic carbocycles. The molecule has 134 valence electrons. The minimum Gasteiger partial charge on any atom is -0.342 e. The molecule has 0 atom stereocenters. The van der Waals surface area contributed by atoms with Crippen LogP contribution in [0.4, 0.5) is 0 Å². The summed E-state index contributed by atoms with van der Waals surface area (Å²) in [5.41, 5.74) is 0.720. The van der Waals surface area contributed by atoms with E-state index in [0.29, 0.717) is 11.5 Å². The van der Waals surface area contributed by atoms with Gasteiger partial charge < -0.3 is 10.2 Å². The number of piperidine rings is 1. The van der Waals surface area contributed by atoms with Gasteiger partial charge in [-0.05, 0) is 38.8 Å². The number of carbonyl (C=O) groups is 2. The van der Waals surface area contributed by atoms with Crippen molar-refractivity contribution in [1.29, 1.82) is 0 Å². The third-order valence-electron chi connectivity index (χ3n) is 4.32. The number of halogens is 1. The number of nitrogens with zero attached hydrogens (tertiary/aromatic N) is 1. The Bertz CT molecular complexity index is 505. The van der Waals surface area contributed by atoms with Gasteiger partial charge in [-0.25, -0.2) is 0 Å². The van der Waals surface area contributed by atoms with E-state index < -0.39 is 0 Å². The summed E-state index contributed by atoms with van der Waals surface area (Å²) in [5.74, 6) is 1.77. The van der Waals surface area contributed by atoms with Crippen molar-refractivity contribution in [1.82, 2.24) is 10.2 Å². The molecule has 1 heterocycles. The van der Waals surface area contributed by atoms with Crippen LogP contribution in [0.3, 0.4) is 0 Å². The minimum absolute atomic E-state index is 0. The average Bonchev–Trinajstić information content (AvgIpc) is 2.61. The Balaban J connectivity index is 0.00000288. The molecule has 1 amide bonds. The zero-order chi connectivity index (χ0) is 16.5. The number of amides is 1. The highest BCUT2D eigenvalue weighted by molar-refractivity contribution is 8.00. The van der Waals surface area contributed by atoms with Gasteiger partial charge in [-0.1, -0.05) is 30.3 Å². The van der Waals surface area contributed by atoms with Gasteiger partial charge in [0.05, 0.1) is 11.5 Å². The van der Waals surface area contributed by atoms with Crippen LogP contribution in [0, 0.1) is 5.92 Å². The number of rotatable bonds is 8. The van der Waals surface area contributed by atoms with E-state index in [1.54, 1.807) is 0 Å². The number of nitrogens with one attached hydrogen (secondary N) is 1. The minimum atomic E-state index is 0. The summed E-state index contributed by atoms with van der Waals surface area (Å²) in [6, 6.07) is 9.26. The zero-order valence-corrected chi connectivity index (χ0v) is 15.8. The first-order valence-corrected chi connectivity index (χ1v) is 9.44. The summed E-state index contributed by atoms with van der Waals surface area (Å²) in [4.78, 5) is 26.2.